The standard InChI is InChI=1S/C27H28N4O2/c1-18-6-8-20(9-7-18)27(32)30-21-10-11-23-22(17-21)25(19(2)29-23)26(24-5-3-4-12-28-24)31-13-15-33-16-14-31/h3-12,17,26,29H,13-16H2,1-2H3,(H,30,32). The van der Waals surface area contributed by atoms with Gasteiger partial charge in [-0.2, -0.15) is 0 Å². The van der Waals surface area contributed by atoms with Gasteiger partial charge in [0.15, 0.2) is 0 Å². The summed E-state index contributed by atoms with van der Waals surface area (Å²) in [5.41, 5.74) is 6.90. The molecule has 1 aliphatic rings. The highest BCUT2D eigenvalue weighted by molar-refractivity contribution is 6.05. The summed E-state index contributed by atoms with van der Waals surface area (Å²) >= 11 is 0. The van der Waals surface area contributed by atoms with E-state index in [4.69, 9.17) is 9.72 Å². The molecule has 3 heterocycles. The van der Waals surface area contributed by atoms with Crippen LogP contribution in [0.1, 0.15) is 38.9 Å². The van der Waals surface area contributed by atoms with E-state index < -0.39 is 0 Å². The molecule has 0 bridgehead atoms. The van der Waals surface area contributed by atoms with Crippen molar-refractivity contribution in [2.24, 2.45) is 0 Å². The van der Waals surface area contributed by atoms with Crippen molar-refractivity contribution in [1.82, 2.24) is 14.9 Å². The molecule has 1 fully saturated rings. The van der Waals surface area contributed by atoms with Crippen LogP contribution in [0.15, 0.2) is 66.9 Å². The summed E-state index contributed by atoms with van der Waals surface area (Å²) in [5, 5.41) is 4.16. The van der Waals surface area contributed by atoms with Crippen LogP contribution in [0.2, 0.25) is 0 Å². The second-order valence-corrected chi connectivity index (χ2v) is 8.55. The molecule has 1 unspecified atom stereocenters. The molecule has 33 heavy (non-hydrogen) atoms. The van der Waals surface area contributed by atoms with E-state index in [1.54, 1.807) is 0 Å². The number of ether oxygens (including phenoxy) is 1. The molecule has 168 valence electrons. The normalized spacial score (nSPS) is 15.5. The Kier molecular flexibility index (Phi) is 5.94. The van der Waals surface area contributed by atoms with Gasteiger partial charge in [0.05, 0.1) is 24.9 Å². The highest BCUT2D eigenvalue weighted by atomic mass is 16.5. The smallest absolute Gasteiger partial charge is 0.255 e. The number of benzene rings is 2. The third-order valence-corrected chi connectivity index (χ3v) is 6.26. The Bertz CT molecular complexity index is 1260. The van der Waals surface area contributed by atoms with Crippen molar-refractivity contribution in [1.29, 1.82) is 0 Å². The summed E-state index contributed by atoms with van der Waals surface area (Å²) in [4.78, 5) is 23.5. The summed E-state index contributed by atoms with van der Waals surface area (Å²) in [6, 6.07) is 19.7. The van der Waals surface area contributed by atoms with Crippen molar-refractivity contribution < 1.29 is 9.53 Å². The Balaban J connectivity index is 1.54. The average Bonchev–Trinajstić information content (AvgIpc) is 3.16. The maximum atomic E-state index is 12.8. The first-order chi connectivity index (χ1) is 16.1. The number of fused-ring (bicyclic) bond motifs is 1. The van der Waals surface area contributed by atoms with Crippen molar-refractivity contribution in [3.8, 4) is 0 Å². The number of rotatable bonds is 5. The minimum absolute atomic E-state index is 0.00639. The van der Waals surface area contributed by atoms with Gasteiger partial charge < -0.3 is 15.0 Å². The number of aromatic nitrogens is 2. The summed E-state index contributed by atoms with van der Waals surface area (Å²) in [5.74, 6) is -0.113. The number of anilines is 1. The van der Waals surface area contributed by atoms with Crippen LogP contribution in [-0.4, -0.2) is 47.1 Å². The monoisotopic (exact) mass is 440 g/mol. The predicted octanol–water partition coefficient (Wildman–Crippen LogP) is 4.85. The zero-order valence-electron chi connectivity index (χ0n) is 19.0. The lowest BCUT2D eigenvalue weighted by Crippen LogP contribution is -2.40. The second kappa shape index (κ2) is 9.17. The van der Waals surface area contributed by atoms with Gasteiger partial charge in [-0.25, -0.2) is 0 Å². The molecule has 6 nitrogen and oxygen atoms in total. The van der Waals surface area contributed by atoms with Crippen LogP contribution < -0.4 is 5.32 Å². The number of H-pyrrole nitrogens is 1. The number of carbonyl (C=O) groups excluding carboxylic acids is 1. The van der Waals surface area contributed by atoms with Gasteiger partial charge in [-0.05, 0) is 56.3 Å². The van der Waals surface area contributed by atoms with Gasteiger partial charge in [0.25, 0.3) is 5.91 Å². The molecule has 2 aromatic carbocycles. The summed E-state index contributed by atoms with van der Waals surface area (Å²) in [7, 11) is 0. The number of nitrogens with zero attached hydrogens (tertiary/aromatic N) is 2. The first-order valence-electron chi connectivity index (χ1n) is 11.3. The van der Waals surface area contributed by atoms with E-state index in [1.165, 1.54) is 5.56 Å². The molecule has 2 N–H and O–H groups in total. The Morgan fingerprint density at radius 2 is 1.85 bits per heavy atom. The van der Waals surface area contributed by atoms with Crippen LogP contribution >= 0.6 is 0 Å². The third kappa shape index (κ3) is 4.40. The first-order valence-corrected chi connectivity index (χ1v) is 11.3. The van der Waals surface area contributed by atoms with Gasteiger partial charge in [-0.1, -0.05) is 23.8 Å². The number of amides is 1. The maximum Gasteiger partial charge on any atom is 0.255 e. The number of aryl methyl sites for hydroxylation is 2. The maximum absolute atomic E-state index is 12.8. The lowest BCUT2D eigenvalue weighted by atomic mass is 9.97. The topological polar surface area (TPSA) is 70.2 Å². The Labute approximate surface area is 193 Å². The molecule has 6 heteroatoms. The predicted molar refractivity (Wildman–Crippen MR) is 131 cm³/mol. The van der Waals surface area contributed by atoms with Crippen LogP contribution in [0.25, 0.3) is 10.9 Å². The van der Waals surface area contributed by atoms with Gasteiger partial charge in [-0.15, -0.1) is 0 Å². The van der Waals surface area contributed by atoms with Crippen molar-refractivity contribution >= 4 is 22.5 Å². The lowest BCUT2D eigenvalue weighted by molar-refractivity contribution is 0.0234. The Morgan fingerprint density at radius 1 is 1.06 bits per heavy atom. The Morgan fingerprint density at radius 3 is 2.58 bits per heavy atom. The number of morpholine rings is 1. The number of hydrogen-bond donors (Lipinski definition) is 2. The van der Waals surface area contributed by atoms with Crippen molar-refractivity contribution in [2.75, 3.05) is 31.6 Å². The molecular weight excluding hydrogens is 412 g/mol. The van der Waals surface area contributed by atoms with Crippen molar-refractivity contribution in [2.45, 2.75) is 19.9 Å². The van der Waals surface area contributed by atoms with Gasteiger partial charge >= 0.3 is 0 Å². The zero-order chi connectivity index (χ0) is 22.8. The number of pyridine rings is 1. The van der Waals surface area contributed by atoms with E-state index in [2.05, 4.69) is 34.3 Å². The van der Waals surface area contributed by atoms with Crippen LogP contribution in [0, 0.1) is 13.8 Å². The van der Waals surface area contributed by atoms with E-state index in [0.717, 1.165) is 46.6 Å². The van der Waals surface area contributed by atoms with E-state index >= 15 is 0 Å². The zero-order valence-corrected chi connectivity index (χ0v) is 19.0. The van der Waals surface area contributed by atoms with E-state index in [9.17, 15) is 4.79 Å². The van der Waals surface area contributed by atoms with Gasteiger partial charge in [0.2, 0.25) is 0 Å². The molecule has 5 rings (SSSR count). The molecule has 2 aromatic heterocycles. The van der Waals surface area contributed by atoms with Crippen LogP contribution in [0.4, 0.5) is 5.69 Å². The molecule has 4 aromatic rings. The molecular formula is C27H28N4O2. The highest BCUT2D eigenvalue weighted by Gasteiger charge is 2.29. The van der Waals surface area contributed by atoms with Crippen molar-refractivity contribution in [3.63, 3.8) is 0 Å². The fraction of sp³-hybridized carbons (Fsp3) is 0.259. The fourth-order valence-electron chi connectivity index (χ4n) is 4.58. The largest absolute Gasteiger partial charge is 0.379 e. The number of hydrogen-bond acceptors (Lipinski definition) is 4. The Hall–Kier alpha value is -3.48. The first kappa shape index (κ1) is 21.4. The average molecular weight is 441 g/mol. The highest BCUT2D eigenvalue weighted by Crippen LogP contribution is 2.37. The summed E-state index contributed by atoms with van der Waals surface area (Å²) in [6.07, 6.45) is 1.85. The van der Waals surface area contributed by atoms with Crippen LogP contribution in [0.3, 0.4) is 0 Å². The molecule has 1 atom stereocenters. The molecule has 0 radical (unpaired) electrons. The molecule has 1 amide bonds. The third-order valence-electron chi connectivity index (χ3n) is 6.26. The molecule has 1 aliphatic heterocycles. The number of carbonyl (C=O) groups is 1. The second-order valence-electron chi connectivity index (χ2n) is 8.55. The number of aromatic amines is 1. The quantitative estimate of drug-likeness (QED) is 0.465. The fourth-order valence-corrected chi connectivity index (χ4v) is 4.58. The molecule has 0 spiro atoms. The van der Waals surface area contributed by atoms with E-state index in [-0.39, 0.29) is 11.9 Å². The minimum atomic E-state index is -0.113. The SMILES string of the molecule is Cc1ccc(C(=O)Nc2ccc3[nH]c(C)c(C(c4ccccn4)N4CCOCC4)c3c2)cc1. The number of nitrogens with one attached hydrogen (secondary N) is 2. The van der Waals surface area contributed by atoms with Crippen molar-refractivity contribution in [3.05, 3.63) is 94.9 Å². The summed E-state index contributed by atoms with van der Waals surface area (Å²) in [6.45, 7) is 7.23. The van der Waals surface area contributed by atoms with Gasteiger partial charge in [0.1, 0.15) is 0 Å². The van der Waals surface area contributed by atoms with Gasteiger partial charge in [-0.3, -0.25) is 14.7 Å². The summed E-state index contributed by atoms with van der Waals surface area (Å²) < 4.78 is 5.62. The van der Waals surface area contributed by atoms with Crippen LogP contribution in [0.5, 0.6) is 0 Å². The van der Waals surface area contributed by atoms with E-state index in [0.29, 0.717) is 18.8 Å². The molecule has 0 aliphatic carbocycles. The molecule has 1 saturated heterocycles. The lowest BCUT2D eigenvalue weighted by Gasteiger charge is -2.34. The van der Waals surface area contributed by atoms with E-state index in [1.807, 2.05) is 61.7 Å². The van der Waals surface area contributed by atoms with Gasteiger partial charge in [0, 0.05) is 52.7 Å². The molecule has 0 saturated carbocycles. The minimum Gasteiger partial charge on any atom is -0.379 e. The van der Waals surface area contributed by atoms with Crippen LogP contribution in [-0.2, 0) is 4.74 Å².